The van der Waals surface area contributed by atoms with E-state index in [4.69, 9.17) is 23.2 Å². The van der Waals surface area contributed by atoms with Gasteiger partial charge in [-0.25, -0.2) is 0 Å². The fraction of sp³-hybridized carbons (Fsp3) is 0.250. The van der Waals surface area contributed by atoms with Crippen LogP contribution in [0.1, 0.15) is 17.2 Å². The van der Waals surface area contributed by atoms with Crippen molar-refractivity contribution in [3.8, 4) is 0 Å². The van der Waals surface area contributed by atoms with E-state index in [0.717, 1.165) is 11.1 Å². The second kappa shape index (κ2) is 5.08. The highest BCUT2D eigenvalue weighted by atomic mass is 35.5. The Morgan fingerprint density at radius 3 is 2.76 bits per heavy atom. The zero-order valence-electron chi connectivity index (χ0n) is 9.27. The Bertz CT molecular complexity index is 525. The van der Waals surface area contributed by atoms with Crippen LogP contribution in [0.4, 0.5) is 0 Å². The Labute approximate surface area is 110 Å². The first-order valence-corrected chi connectivity index (χ1v) is 5.92. The molecule has 0 fully saturated rings. The molecule has 1 atom stereocenters. The zero-order valence-corrected chi connectivity index (χ0v) is 10.8. The number of hydrogen-bond donors (Lipinski definition) is 1. The van der Waals surface area contributed by atoms with Crippen LogP contribution in [0, 0.1) is 0 Å². The smallest absolute Gasteiger partial charge is 0.0861 e. The summed E-state index contributed by atoms with van der Waals surface area (Å²) in [5, 5.41) is 15.2. The molecule has 17 heavy (non-hydrogen) atoms. The van der Waals surface area contributed by atoms with Crippen LogP contribution in [-0.2, 0) is 13.5 Å². The highest BCUT2D eigenvalue weighted by molar-refractivity contribution is 6.35. The molecule has 2 rings (SSSR count). The van der Waals surface area contributed by atoms with E-state index in [1.165, 1.54) is 0 Å². The van der Waals surface area contributed by atoms with Gasteiger partial charge in [0.15, 0.2) is 0 Å². The number of aromatic nitrogens is 2. The molecule has 0 saturated carbocycles. The van der Waals surface area contributed by atoms with Crippen molar-refractivity contribution in [2.24, 2.45) is 7.05 Å². The monoisotopic (exact) mass is 270 g/mol. The molecular weight excluding hydrogens is 259 g/mol. The minimum absolute atomic E-state index is 0.446. The summed E-state index contributed by atoms with van der Waals surface area (Å²) in [5.74, 6) is 0. The van der Waals surface area contributed by atoms with Crippen LogP contribution >= 0.6 is 23.2 Å². The van der Waals surface area contributed by atoms with Gasteiger partial charge in [0.2, 0.25) is 0 Å². The van der Waals surface area contributed by atoms with E-state index in [2.05, 4.69) is 5.10 Å². The lowest BCUT2D eigenvalue weighted by Crippen LogP contribution is -2.01. The molecular formula is C12H12Cl2N2O. The number of rotatable bonds is 3. The number of aliphatic hydroxyl groups is 1. The van der Waals surface area contributed by atoms with Crippen molar-refractivity contribution in [3.63, 3.8) is 0 Å². The van der Waals surface area contributed by atoms with E-state index >= 15 is 0 Å². The molecule has 1 heterocycles. The second-order valence-electron chi connectivity index (χ2n) is 3.90. The largest absolute Gasteiger partial charge is 0.388 e. The van der Waals surface area contributed by atoms with E-state index in [1.54, 1.807) is 29.2 Å². The van der Waals surface area contributed by atoms with Gasteiger partial charge in [0.1, 0.15) is 0 Å². The fourth-order valence-electron chi connectivity index (χ4n) is 1.63. The molecule has 1 N–H and O–H groups in total. The van der Waals surface area contributed by atoms with Crippen LogP contribution in [0.15, 0.2) is 30.6 Å². The lowest BCUT2D eigenvalue weighted by Gasteiger charge is -2.10. The number of aryl methyl sites for hydroxylation is 1. The van der Waals surface area contributed by atoms with Crippen molar-refractivity contribution in [1.29, 1.82) is 0 Å². The first-order valence-electron chi connectivity index (χ1n) is 5.17. The van der Waals surface area contributed by atoms with Gasteiger partial charge in [-0.2, -0.15) is 5.10 Å². The van der Waals surface area contributed by atoms with Crippen molar-refractivity contribution in [2.45, 2.75) is 12.5 Å². The summed E-state index contributed by atoms with van der Waals surface area (Å²) < 4.78 is 1.65. The molecule has 2 aromatic rings. The summed E-state index contributed by atoms with van der Waals surface area (Å²) in [4.78, 5) is 0. The molecule has 0 radical (unpaired) electrons. The maximum absolute atomic E-state index is 10.0. The van der Waals surface area contributed by atoms with Crippen LogP contribution in [-0.4, -0.2) is 14.9 Å². The minimum atomic E-state index is -0.609. The molecule has 5 heteroatoms. The van der Waals surface area contributed by atoms with Crippen LogP contribution in [0.2, 0.25) is 10.0 Å². The summed E-state index contributed by atoms with van der Waals surface area (Å²) in [5.41, 5.74) is 1.64. The van der Waals surface area contributed by atoms with Gasteiger partial charge in [-0.1, -0.05) is 29.3 Å². The van der Waals surface area contributed by atoms with Crippen molar-refractivity contribution in [2.75, 3.05) is 0 Å². The quantitative estimate of drug-likeness (QED) is 0.931. The average Bonchev–Trinajstić information content (AvgIpc) is 2.69. The number of halogens is 2. The molecule has 0 aliphatic heterocycles. The molecule has 1 unspecified atom stereocenters. The second-order valence-corrected chi connectivity index (χ2v) is 4.75. The van der Waals surface area contributed by atoms with Crippen LogP contribution < -0.4 is 0 Å². The maximum atomic E-state index is 10.0. The Kier molecular flexibility index (Phi) is 3.72. The normalized spacial score (nSPS) is 12.7. The highest BCUT2D eigenvalue weighted by Gasteiger charge is 2.12. The first kappa shape index (κ1) is 12.4. The first-order chi connectivity index (χ1) is 8.06. The van der Waals surface area contributed by atoms with E-state index < -0.39 is 6.10 Å². The van der Waals surface area contributed by atoms with Crippen molar-refractivity contribution in [3.05, 3.63) is 51.8 Å². The molecule has 0 amide bonds. The molecule has 3 nitrogen and oxygen atoms in total. The summed E-state index contributed by atoms with van der Waals surface area (Å²) in [7, 11) is 1.81. The van der Waals surface area contributed by atoms with Gasteiger partial charge >= 0.3 is 0 Å². The number of hydrogen-bond acceptors (Lipinski definition) is 2. The van der Waals surface area contributed by atoms with Gasteiger partial charge < -0.3 is 5.11 Å². The van der Waals surface area contributed by atoms with Crippen LogP contribution in [0.3, 0.4) is 0 Å². The molecule has 0 aliphatic rings. The van der Waals surface area contributed by atoms with E-state index in [-0.39, 0.29) is 0 Å². The fourth-order valence-corrected chi connectivity index (χ4v) is 2.11. The van der Waals surface area contributed by atoms with Gasteiger partial charge in [0, 0.05) is 35.3 Å². The number of benzene rings is 1. The predicted octanol–water partition coefficient (Wildman–Crippen LogP) is 3.00. The minimum Gasteiger partial charge on any atom is -0.388 e. The molecule has 0 aliphatic carbocycles. The Morgan fingerprint density at radius 1 is 1.41 bits per heavy atom. The lowest BCUT2D eigenvalue weighted by molar-refractivity contribution is 0.178. The molecule has 0 bridgehead atoms. The van der Waals surface area contributed by atoms with Gasteiger partial charge in [0.25, 0.3) is 0 Å². The Hall–Kier alpha value is -1.03. The predicted molar refractivity (Wildman–Crippen MR) is 68.3 cm³/mol. The van der Waals surface area contributed by atoms with Gasteiger partial charge in [-0.3, -0.25) is 4.68 Å². The number of nitrogens with zero attached hydrogens (tertiary/aromatic N) is 2. The topological polar surface area (TPSA) is 38.0 Å². The molecule has 90 valence electrons. The van der Waals surface area contributed by atoms with E-state index in [9.17, 15) is 5.11 Å². The molecule has 0 saturated heterocycles. The standard InChI is InChI=1S/C12H12Cl2N2O/c1-16-7-9(6-15-16)12(17)4-8-2-3-10(13)5-11(8)14/h2-3,5-7,12,17H,4H2,1H3. The van der Waals surface area contributed by atoms with Crippen LogP contribution in [0.5, 0.6) is 0 Å². The van der Waals surface area contributed by atoms with Gasteiger partial charge in [-0.15, -0.1) is 0 Å². The van der Waals surface area contributed by atoms with E-state index in [1.807, 2.05) is 13.1 Å². The van der Waals surface area contributed by atoms with Crippen molar-refractivity contribution >= 4 is 23.2 Å². The third kappa shape index (κ3) is 3.00. The maximum Gasteiger partial charge on any atom is 0.0861 e. The van der Waals surface area contributed by atoms with Gasteiger partial charge in [0.05, 0.1) is 12.3 Å². The molecule has 1 aromatic heterocycles. The van der Waals surface area contributed by atoms with Gasteiger partial charge in [-0.05, 0) is 17.7 Å². The molecule has 0 spiro atoms. The SMILES string of the molecule is Cn1cc(C(O)Cc2ccc(Cl)cc2Cl)cn1. The lowest BCUT2D eigenvalue weighted by atomic mass is 10.0. The summed E-state index contributed by atoms with van der Waals surface area (Å²) in [6.45, 7) is 0. The Morgan fingerprint density at radius 2 is 2.18 bits per heavy atom. The third-order valence-electron chi connectivity index (χ3n) is 2.54. The average molecular weight is 271 g/mol. The zero-order chi connectivity index (χ0) is 12.4. The molecule has 1 aromatic carbocycles. The summed E-state index contributed by atoms with van der Waals surface area (Å²) in [6.07, 6.45) is 3.27. The summed E-state index contributed by atoms with van der Waals surface area (Å²) >= 11 is 11.9. The highest BCUT2D eigenvalue weighted by Crippen LogP contribution is 2.25. The summed E-state index contributed by atoms with van der Waals surface area (Å²) in [6, 6.07) is 5.26. The van der Waals surface area contributed by atoms with Crippen molar-refractivity contribution in [1.82, 2.24) is 9.78 Å². The van der Waals surface area contributed by atoms with Crippen molar-refractivity contribution < 1.29 is 5.11 Å². The van der Waals surface area contributed by atoms with Crippen LogP contribution in [0.25, 0.3) is 0 Å². The third-order valence-corrected chi connectivity index (χ3v) is 3.12. The Balaban J connectivity index is 2.15. The van der Waals surface area contributed by atoms with E-state index in [0.29, 0.717) is 16.5 Å². The number of aliphatic hydroxyl groups excluding tert-OH is 1.